The molecule has 0 atom stereocenters. The summed E-state index contributed by atoms with van der Waals surface area (Å²) in [6.45, 7) is 14.3. The zero-order valence-electron chi connectivity index (χ0n) is 22.6. The zero-order chi connectivity index (χ0) is 27.6. The van der Waals surface area contributed by atoms with E-state index in [4.69, 9.17) is 5.73 Å². The third kappa shape index (κ3) is 7.78. The van der Waals surface area contributed by atoms with Crippen molar-refractivity contribution < 1.29 is 9.18 Å². The van der Waals surface area contributed by atoms with Gasteiger partial charge >= 0.3 is 0 Å². The number of nitrogens with one attached hydrogen (secondary N) is 1. The average Bonchev–Trinajstić information content (AvgIpc) is 3.26. The summed E-state index contributed by atoms with van der Waals surface area (Å²) in [6.07, 6.45) is 4.44. The molecule has 3 N–H and O–H groups in total. The summed E-state index contributed by atoms with van der Waals surface area (Å²) in [6, 6.07) is 14.8. The van der Waals surface area contributed by atoms with E-state index in [0.717, 1.165) is 23.2 Å². The molecule has 0 aliphatic carbocycles. The van der Waals surface area contributed by atoms with Crippen molar-refractivity contribution in [2.24, 2.45) is 5.73 Å². The van der Waals surface area contributed by atoms with Gasteiger partial charge in [-0.3, -0.25) is 4.79 Å². The van der Waals surface area contributed by atoms with E-state index in [-0.39, 0.29) is 18.1 Å². The van der Waals surface area contributed by atoms with Crippen molar-refractivity contribution in [3.63, 3.8) is 0 Å². The lowest BCUT2D eigenvalue weighted by molar-refractivity contribution is 0.0945. The number of carbonyl (C=O) groups is 1. The minimum atomic E-state index is -0.551. The Labute approximate surface area is 220 Å². The molecule has 0 fully saturated rings. The Kier molecular flexibility index (Phi) is 10.6. The Morgan fingerprint density at radius 2 is 1.84 bits per heavy atom. The van der Waals surface area contributed by atoms with Gasteiger partial charge in [0.25, 0.3) is 5.91 Å². The van der Waals surface area contributed by atoms with Crippen LogP contribution in [0.3, 0.4) is 0 Å². The lowest BCUT2D eigenvalue weighted by atomic mass is 9.86. The van der Waals surface area contributed by atoms with Crippen molar-refractivity contribution in [2.45, 2.75) is 72.4 Å². The number of imidazole rings is 1. The Morgan fingerprint density at radius 1 is 1.19 bits per heavy atom. The maximum absolute atomic E-state index is 14.3. The summed E-state index contributed by atoms with van der Waals surface area (Å²) in [5.74, 6) is -0.799. The fourth-order valence-corrected chi connectivity index (χ4v) is 3.67. The number of nitrogens with two attached hydrogens (primary N) is 1. The number of amides is 1. The first kappa shape index (κ1) is 29.3. The van der Waals surface area contributed by atoms with Crippen LogP contribution in [0.5, 0.6) is 0 Å². The van der Waals surface area contributed by atoms with E-state index in [1.165, 1.54) is 12.5 Å². The standard InChI is InChI=1S/C27H30FN5O.C3H8/c1-5-6-24-25(26(34)31-14-21-10-9-20(18(2)30)13-23(21)28)32-17-33(24)15-19-7-11-22(12-8-19)27(3,4)16-29;1-3-2/h7-13,17H,2,5-6,14-15,30H2,1,3-4H3,(H,31,34);3H2,1-2H3. The molecule has 1 aromatic heterocycles. The smallest absolute Gasteiger partial charge is 0.272 e. The van der Waals surface area contributed by atoms with E-state index in [0.29, 0.717) is 29.8 Å². The number of carbonyl (C=O) groups excluding carboxylic acids is 1. The highest BCUT2D eigenvalue weighted by molar-refractivity contribution is 5.93. The molecule has 0 bridgehead atoms. The molecule has 1 heterocycles. The summed E-state index contributed by atoms with van der Waals surface area (Å²) < 4.78 is 16.3. The van der Waals surface area contributed by atoms with Gasteiger partial charge in [-0.2, -0.15) is 5.26 Å². The van der Waals surface area contributed by atoms with Crippen LogP contribution in [0.2, 0.25) is 0 Å². The number of halogens is 1. The second-order valence-corrected chi connectivity index (χ2v) is 9.57. The maximum atomic E-state index is 14.3. The molecule has 6 nitrogen and oxygen atoms in total. The summed E-state index contributed by atoms with van der Waals surface area (Å²) in [5, 5.41) is 12.1. The van der Waals surface area contributed by atoms with Crippen LogP contribution in [-0.4, -0.2) is 15.5 Å². The fraction of sp³-hybridized carbons (Fsp3) is 0.367. The quantitative estimate of drug-likeness (QED) is 0.369. The molecular formula is C30H38FN5O. The number of hydrogen-bond donors (Lipinski definition) is 2. The predicted octanol–water partition coefficient (Wildman–Crippen LogP) is 6.10. The number of nitriles is 1. The number of hydrogen-bond acceptors (Lipinski definition) is 4. The summed E-state index contributed by atoms with van der Waals surface area (Å²) in [5.41, 5.74) is 9.39. The van der Waals surface area contributed by atoms with Crippen molar-refractivity contribution >= 4 is 11.6 Å². The fourth-order valence-electron chi connectivity index (χ4n) is 3.67. The van der Waals surface area contributed by atoms with Gasteiger partial charge in [-0.25, -0.2) is 9.37 Å². The highest BCUT2D eigenvalue weighted by Gasteiger charge is 2.20. The second kappa shape index (κ2) is 13.4. The van der Waals surface area contributed by atoms with Gasteiger partial charge in [-0.05, 0) is 43.0 Å². The minimum Gasteiger partial charge on any atom is -0.399 e. The number of benzene rings is 2. The molecule has 0 radical (unpaired) electrons. The molecule has 0 saturated heterocycles. The van der Waals surface area contributed by atoms with Crippen LogP contribution >= 0.6 is 0 Å². The predicted molar refractivity (Wildman–Crippen MR) is 147 cm³/mol. The molecule has 0 aliphatic rings. The van der Waals surface area contributed by atoms with E-state index in [2.05, 4.69) is 36.8 Å². The van der Waals surface area contributed by atoms with Crippen molar-refractivity contribution in [1.82, 2.24) is 14.9 Å². The first-order chi connectivity index (χ1) is 17.6. The van der Waals surface area contributed by atoms with Crippen LogP contribution < -0.4 is 11.1 Å². The second-order valence-electron chi connectivity index (χ2n) is 9.57. The van der Waals surface area contributed by atoms with Gasteiger partial charge in [0.1, 0.15) is 11.5 Å². The van der Waals surface area contributed by atoms with Gasteiger partial charge in [0.05, 0.1) is 23.5 Å². The first-order valence-corrected chi connectivity index (χ1v) is 12.6. The molecule has 1 amide bonds. The van der Waals surface area contributed by atoms with Gasteiger partial charge in [0, 0.05) is 24.4 Å². The summed E-state index contributed by atoms with van der Waals surface area (Å²) >= 11 is 0. The summed E-state index contributed by atoms with van der Waals surface area (Å²) in [4.78, 5) is 17.2. The van der Waals surface area contributed by atoms with Crippen LogP contribution in [0.25, 0.3) is 5.70 Å². The molecule has 0 aliphatic heterocycles. The van der Waals surface area contributed by atoms with Crippen LogP contribution in [0.15, 0.2) is 55.4 Å². The lowest BCUT2D eigenvalue weighted by Gasteiger charge is -2.16. The normalized spacial score (nSPS) is 10.7. The van der Waals surface area contributed by atoms with Crippen molar-refractivity contribution in [3.8, 4) is 6.07 Å². The summed E-state index contributed by atoms with van der Waals surface area (Å²) in [7, 11) is 0. The largest absolute Gasteiger partial charge is 0.399 e. The Hall–Kier alpha value is -3.92. The zero-order valence-corrected chi connectivity index (χ0v) is 22.6. The number of rotatable bonds is 9. The van der Waals surface area contributed by atoms with Gasteiger partial charge in [0.15, 0.2) is 0 Å². The Morgan fingerprint density at radius 3 is 2.38 bits per heavy atom. The molecule has 37 heavy (non-hydrogen) atoms. The molecule has 0 unspecified atom stereocenters. The number of nitrogens with zero attached hydrogens (tertiary/aromatic N) is 3. The SMILES string of the molecule is C=C(N)c1ccc(CNC(=O)c2ncn(Cc3ccc(C(C)(C)C#N)cc3)c2CCC)c(F)c1.CCC. The highest BCUT2D eigenvalue weighted by atomic mass is 19.1. The minimum absolute atomic E-state index is 0.0383. The van der Waals surface area contributed by atoms with E-state index in [9.17, 15) is 14.4 Å². The first-order valence-electron chi connectivity index (χ1n) is 12.6. The topological polar surface area (TPSA) is 96.7 Å². The molecule has 3 rings (SSSR count). The van der Waals surface area contributed by atoms with Crippen LogP contribution in [0, 0.1) is 17.1 Å². The number of aromatic nitrogens is 2. The van der Waals surface area contributed by atoms with E-state index < -0.39 is 11.2 Å². The average molecular weight is 504 g/mol. The van der Waals surface area contributed by atoms with Gasteiger partial charge in [-0.1, -0.05) is 76.6 Å². The third-order valence-corrected chi connectivity index (χ3v) is 5.82. The molecule has 3 aromatic rings. The van der Waals surface area contributed by atoms with Gasteiger partial charge in [-0.15, -0.1) is 0 Å². The Bertz CT molecular complexity index is 1250. The van der Waals surface area contributed by atoms with Crippen molar-refractivity contribution in [2.75, 3.05) is 0 Å². The van der Waals surface area contributed by atoms with Crippen molar-refractivity contribution in [3.05, 3.63) is 94.8 Å². The lowest BCUT2D eigenvalue weighted by Crippen LogP contribution is -2.25. The van der Waals surface area contributed by atoms with Crippen LogP contribution in [0.4, 0.5) is 4.39 Å². The molecule has 7 heteroatoms. The van der Waals surface area contributed by atoms with Gasteiger partial charge in [0.2, 0.25) is 0 Å². The van der Waals surface area contributed by atoms with Gasteiger partial charge < -0.3 is 15.6 Å². The maximum Gasteiger partial charge on any atom is 0.272 e. The van der Waals surface area contributed by atoms with Crippen LogP contribution in [-0.2, 0) is 24.9 Å². The molecule has 0 spiro atoms. The van der Waals surface area contributed by atoms with Crippen molar-refractivity contribution in [1.29, 1.82) is 5.26 Å². The molecular weight excluding hydrogens is 465 g/mol. The van der Waals surface area contributed by atoms with E-state index in [1.54, 1.807) is 18.5 Å². The van der Waals surface area contributed by atoms with Crippen LogP contribution in [0.1, 0.15) is 85.9 Å². The highest BCUT2D eigenvalue weighted by Crippen LogP contribution is 2.23. The monoisotopic (exact) mass is 503 g/mol. The molecule has 0 saturated carbocycles. The molecule has 2 aromatic carbocycles. The third-order valence-electron chi connectivity index (χ3n) is 5.82. The molecule has 196 valence electrons. The van der Waals surface area contributed by atoms with E-state index >= 15 is 0 Å². The van der Waals surface area contributed by atoms with E-state index in [1.807, 2.05) is 49.6 Å². The Balaban J connectivity index is 0.00000153.